The fourth-order valence-corrected chi connectivity index (χ4v) is 4.47. The molecule has 1 aromatic carbocycles. The van der Waals surface area contributed by atoms with Gasteiger partial charge >= 0.3 is 0 Å². The van der Waals surface area contributed by atoms with Crippen LogP contribution in [0.4, 0.5) is 0 Å². The number of carbonyl (C=O) groups excluding carboxylic acids is 2. The van der Waals surface area contributed by atoms with Crippen molar-refractivity contribution < 1.29 is 18.0 Å². The molecular formula is C14H17N2O4S. The summed E-state index contributed by atoms with van der Waals surface area (Å²) in [6, 6.07) is 6.17. The molecule has 0 aliphatic carbocycles. The standard InChI is InChI=1S/C14H17N2O4S/c1-11-3-5-12(6-4-11)21(19,20)14(10-17)7-2-8-16(14)13(18)9-15/h3-6H,2,7-9,15H2,1H3/t14-/m1/s1. The Morgan fingerprint density at radius 2 is 2.00 bits per heavy atom. The highest BCUT2D eigenvalue weighted by atomic mass is 32.2. The summed E-state index contributed by atoms with van der Waals surface area (Å²) in [7, 11) is -4.05. The Labute approximate surface area is 123 Å². The topological polar surface area (TPSA) is 97.5 Å². The second-order valence-corrected chi connectivity index (χ2v) is 7.21. The average molecular weight is 309 g/mol. The lowest BCUT2D eigenvalue weighted by Gasteiger charge is -2.32. The Balaban J connectivity index is 2.55. The minimum atomic E-state index is -4.05. The van der Waals surface area contributed by atoms with E-state index in [1.807, 2.05) is 6.92 Å². The molecule has 0 unspecified atom stereocenters. The van der Waals surface area contributed by atoms with E-state index in [2.05, 4.69) is 0 Å². The zero-order valence-electron chi connectivity index (χ0n) is 11.7. The summed E-state index contributed by atoms with van der Waals surface area (Å²) >= 11 is 0. The smallest absolute Gasteiger partial charge is 0.243 e. The fourth-order valence-electron chi connectivity index (χ4n) is 2.58. The molecule has 0 aromatic heterocycles. The lowest BCUT2D eigenvalue weighted by molar-refractivity contribution is -0.130. The minimum Gasteiger partial charge on any atom is -0.322 e. The molecule has 113 valence electrons. The summed E-state index contributed by atoms with van der Waals surface area (Å²) < 4.78 is 25.7. The SMILES string of the molecule is Cc1ccc(S(=O)(=O)[C@@]2([C]=O)CCCN2C(=O)CN)cc1. The summed E-state index contributed by atoms with van der Waals surface area (Å²) in [5.41, 5.74) is 6.22. The van der Waals surface area contributed by atoms with Gasteiger partial charge in [-0.05, 0) is 31.9 Å². The molecule has 1 atom stereocenters. The van der Waals surface area contributed by atoms with Gasteiger partial charge in [-0.15, -0.1) is 0 Å². The Hall–Kier alpha value is -1.73. The number of nitrogens with two attached hydrogens (primary N) is 1. The van der Waals surface area contributed by atoms with Gasteiger partial charge < -0.3 is 10.6 Å². The van der Waals surface area contributed by atoms with E-state index in [1.165, 1.54) is 12.1 Å². The van der Waals surface area contributed by atoms with Crippen LogP contribution in [0.1, 0.15) is 18.4 Å². The lowest BCUT2D eigenvalue weighted by Crippen LogP contribution is -2.55. The van der Waals surface area contributed by atoms with E-state index in [1.54, 1.807) is 18.4 Å². The maximum atomic E-state index is 12.8. The average Bonchev–Trinajstić information content (AvgIpc) is 2.92. The molecule has 2 rings (SSSR count). The van der Waals surface area contributed by atoms with Gasteiger partial charge in [0.05, 0.1) is 11.4 Å². The zero-order valence-corrected chi connectivity index (χ0v) is 12.5. The Morgan fingerprint density at radius 1 is 1.38 bits per heavy atom. The molecule has 7 heteroatoms. The lowest BCUT2D eigenvalue weighted by atomic mass is 10.2. The number of hydrogen-bond acceptors (Lipinski definition) is 5. The monoisotopic (exact) mass is 309 g/mol. The van der Waals surface area contributed by atoms with Crippen molar-refractivity contribution in [1.82, 2.24) is 4.90 Å². The quantitative estimate of drug-likeness (QED) is 0.854. The van der Waals surface area contributed by atoms with Crippen LogP contribution in [0.3, 0.4) is 0 Å². The van der Waals surface area contributed by atoms with Gasteiger partial charge in [-0.2, -0.15) is 0 Å². The third-order valence-corrected chi connectivity index (χ3v) is 6.03. The Morgan fingerprint density at radius 3 is 2.52 bits per heavy atom. The van der Waals surface area contributed by atoms with Gasteiger partial charge in [0.15, 0.2) is 0 Å². The Bertz CT molecular complexity index is 654. The van der Waals surface area contributed by atoms with Crippen LogP contribution in [0.2, 0.25) is 0 Å². The number of likely N-dealkylation sites (tertiary alicyclic amines) is 1. The number of carbonyl (C=O) groups is 1. The molecule has 6 nitrogen and oxygen atoms in total. The van der Waals surface area contributed by atoms with Crippen molar-refractivity contribution in [2.24, 2.45) is 5.73 Å². The number of nitrogens with zero attached hydrogens (tertiary/aromatic N) is 1. The summed E-state index contributed by atoms with van der Waals surface area (Å²) in [4.78, 5) is 22.5. The van der Waals surface area contributed by atoms with Crippen molar-refractivity contribution in [3.05, 3.63) is 29.8 Å². The predicted molar refractivity (Wildman–Crippen MR) is 76.8 cm³/mol. The number of aryl methyl sites for hydroxylation is 1. The van der Waals surface area contributed by atoms with Crippen molar-refractivity contribution in [3.8, 4) is 0 Å². The van der Waals surface area contributed by atoms with E-state index < -0.39 is 20.6 Å². The number of hydrogen-bond donors (Lipinski definition) is 1. The summed E-state index contributed by atoms with van der Waals surface area (Å²) in [5.74, 6) is -0.563. The van der Waals surface area contributed by atoms with Crippen LogP contribution < -0.4 is 5.73 Å². The highest BCUT2D eigenvalue weighted by molar-refractivity contribution is 7.93. The van der Waals surface area contributed by atoms with Crippen LogP contribution in [-0.4, -0.2) is 43.5 Å². The molecule has 1 aliphatic heterocycles. The summed E-state index contributed by atoms with van der Waals surface area (Å²) in [6.45, 7) is 1.68. The highest BCUT2D eigenvalue weighted by Crippen LogP contribution is 2.37. The van der Waals surface area contributed by atoms with Gasteiger partial charge in [-0.1, -0.05) is 17.7 Å². The maximum Gasteiger partial charge on any atom is 0.243 e. The first kappa shape index (κ1) is 15.7. The van der Waals surface area contributed by atoms with Gasteiger partial charge in [0.25, 0.3) is 0 Å². The van der Waals surface area contributed by atoms with Gasteiger partial charge in [-0.3, -0.25) is 9.59 Å². The van der Waals surface area contributed by atoms with Crippen molar-refractivity contribution in [3.63, 3.8) is 0 Å². The molecule has 2 N–H and O–H groups in total. The van der Waals surface area contributed by atoms with Crippen LogP contribution in [0, 0.1) is 6.92 Å². The third-order valence-electron chi connectivity index (χ3n) is 3.74. The van der Waals surface area contributed by atoms with E-state index in [4.69, 9.17) is 5.73 Å². The van der Waals surface area contributed by atoms with E-state index in [0.29, 0.717) is 6.42 Å². The predicted octanol–water partition coefficient (Wildman–Crippen LogP) is 0.156. The molecule has 0 spiro atoms. The number of benzene rings is 1. The number of rotatable bonds is 4. The highest BCUT2D eigenvalue weighted by Gasteiger charge is 2.55. The normalized spacial score (nSPS) is 22.3. The first-order valence-corrected chi connectivity index (χ1v) is 8.08. The van der Waals surface area contributed by atoms with Gasteiger partial charge in [-0.25, -0.2) is 8.42 Å². The van der Waals surface area contributed by atoms with Gasteiger partial charge in [0.1, 0.15) is 0 Å². The molecule has 21 heavy (non-hydrogen) atoms. The van der Waals surface area contributed by atoms with Crippen molar-refractivity contribution in [2.45, 2.75) is 29.5 Å². The van der Waals surface area contributed by atoms with Crippen LogP contribution in [0.15, 0.2) is 29.2 Å². The maximum absolute atomic E-state index is 12.8. The van der Waals surface area contributed by atoms with Crippen molar-refractivity contribution in [1.29, 1.82) is 0 Å². The van der Waals surface area contributed by atoms with Gasteiger partial charge in [0, 0.05) is 6.54 Å². The van der Waals surface area contributed by atoms with E-state index >= 15 is 0 Å². The van der Waals surface area contributed by atoms with E-state index in [9.17, 15) is 18.0 Å². The zero-order chi connectivity index (χ0) is 15.7. The first-order chi connectivity index (χ1) is 9.89. The molecule has 0 bridgehead atoms. The van der Waals surface area contributed by atoms with Crippen molar-refractivity contribution in [2.75, 3.05) is 13.1 Å². The molecule has 1 fully saturated rings. The second kappa shape index (κ2) is 5.57. The second-order valence-electron chi connectivity index (χ2n) is 5.06. The minimum absolute atomic E-state index is 0.00757. The molecule has 0 saturated carbocycles. The number of sulfone groups is 1. The fraction of sp³-hybridized carbons (Fsp3) is 0.429. The van der Waals surface area contributed by atoms with Crippen LogP contribution in [0.5, 0.6) is 0 Å². The molecule has 1 heterocycles. The van der Waals surface area contributed by atoms with E-state index in [0.717, 1.165) is 10.5 Å². The van der Waals surface area contributed by atoms with E-state index in [-0.39, 0.29) is 24.4 Å². The summed E-state index contributed by atoms with van der Waals surface area (Å²) in [6.07, 6.45) is 2.07. The third kappa shape index (κ3) is 2.36. The molecule has 1 saturated heterocycles. The molecular weight excluding hydrogens is 292 g/mol. The molecule has 1 amide bonds. The largest absolute Gasteiger partial charge is 0.322 e. The van der Waals surface area contributed by atoms with Crippen LogP contribution in [0.25, 0.3) is 0 Å². The van der Waals surface area contributed by atoms with Crippen LogP contribution in [-0.2, 0) is 19.4 Å². The summed E-state index contributed by atoms with van der Waals surface area (Å²) in [5, 5.41) is 0. The number of amides is 1. The van der Waals surface area contributed by atoms with Crippen LogP contribution >= 0.6 is 0 Å². The molecule has 1 aromatic rings. The van der Waals surface area contributed by atoms with Crippen molar-refractivity contribution >= 4 is 22.0 Å². The Kier molecular flexibility index (Phi) is 4.15. The molecule has 1 radical (unpaired) electrons. The molecule has 1 aliphatic rings. The van der Waals surface area contributed by atoms with Gasteiger partial charge in [0.2, 0.25) is 26.9 Å². The first-order valence-electron chi connectivity index (χ1n) is 6.60.